The van der Waals surface area contributed by atoms with Crippen molar-refractivity contribution >= 4 is 11.8 Å². The maximum absolute atomic E-state index is 13.7. The van der Waals surface area contributed by atoms with Crippen molar-refractivity contribution in [1.29, 1.82) is 0 Å². The highest BCUT2D eigenvalue weighted by Crippen LogP contribution is 2.64. The molecule has 2 rings (SSSR count). The topological polar surface area (TPSA) is 72.8 Å². The molecular formula is C23H40O5. The van der Waals surface area contributed by atoms with E-state index in [0.717, 1.165) is 12.8 Å². The van der Waals surface area contributed by atoms with E-state index in [1.54, 1.807) is 13.8 Å². The Kier molecular flexibility index (Phi) is 6.43. The molecule has 1 saturated carbocycles. The zero-order valence-corrected chi connectivity index (χ0v) is 19.2. The van der Waals surface area contributed by atoms with Crippen molar-refractivity contribution in [2.75, 3.05) is 0 Å². The van der Waals surface area contributed by atoms with E-state index < -0.39 is 35.3 Å². The fourth-order valence-electron chi connectivity index (χ4n) is 6.12. The van der Waals surface area contributed by atoms with Crippen molar-refractivity contribution < 1.29 is 24.2 Å². The Bertz CT molecular complexity index is 609. The Hall–Kier alpha value is -0.940. The van der Waals surface area contributed by atoms with Gasteiger partial charge in [0.05, 0.1) is 11.7 Å². The van der Waals surface area contributed by atoms with Crippen LogP contribution in [0.1, 0.15) is 81.6 Å². The summed E-state index contributed by atoms with van der Waals surface area (Å²) in [7, 11) is 0. The van der Waals surface area contributed by atoms with Crippen LogP contribution < -0.4 is 0 Å². The van der Waals surface area contributed by atoms with Crippen molar-refractivity contribution in [2.45, 2.75) is 105 Å². The molecule has 8 atom stereocenters. The highest BCUT2D eigenvalue weighted by Gasteiger charge is 2.68. The van der Waals surface area contributed by atoms with Crippen LogP contribution in [-0.2, 0) is 19.1 Å². The summed E-state index contributed by atoms with van der Waals surface area (Å²) in [6.45, 7) is 17.6. The van der Waals surface area contributed by atoms with E-state index in [2.05, 4.69) is 41.5 Å². The van der Waals surface area contributed by atoms with Gasteiger partial charge in [0.2, 0.25) is 0 Å². The molecule has 0 aromatic rings. The molecule has 5 nitrogen and oxygen atoms in total. The van der Waals surface area contributed by atoms with E-state index in [9.17, 15) is 14.7 Å². The molecular weight excluding hydrogens is 356 g/mol. The highest BCUT2D eigenvalue weighted by atomic mass is 16.6. The van der Waals surface area contributed by atoms with Crippen molar-refractivity contribution in [3.8, 4) is 0 Å². The third-order valence-electron chi connectivity index (χ3n) is 8.22. The smallest absolute Gasteiger partial charge is 0.303 e. The number of Topliss-reactive ketones (excluding diaryl/α,β-unsaturated/α-hetero) is 1. The molecule has 0 bridgehead atoms. The molecule has 8 unspecified atom stereocenters. The van der Waals surface area contributed by atoms with Gasteiger partial charge < -0.3 is 14.6 Å². The lowest BCUT2D eigenvalue weighted by Gasteiger charge is -2.49. The second-order valence-corrected chi connectivity index (χ2v) is 10.2. The van der Waals surface area contributed by atoms with E-state index in [0.29, 0.717) is 6.42 Å². The van der Waals surface area contributed by atoms with Gasteiger partial charge in [0.1, 0.15) is 6.10 Å². The lowest BCUT2D eigenvalue weighted by molar-refractivity contribution is -0.207. The van der Waals surface area contributed by atoms with Gasteiger partial charge in [-0.25, -0.2) is 0 Å². The van der Waals surface area contributed by atoms with Gasteiger partial charge >= 0.3 is 5.97 Å². The molecule has 28 heavy (non-hydrogen) atoms. The second kappa shape index (κ2) is 7.71. The van der Waals surface area contributed by atoms with Crippen LogP contribution >= 0.6 is 0 Å². The molecule has 162 valence electrons. The first kappa shape index (κ1) is 23.3. The van der Waals surface area contributed by atoms with Crippen LogP contribution in [0.5, 0.6) is 0 Å². The van der Waals surface area contributed by atoms with Crippen LogP contribution in [0.3, 0.4) is 0 Å². The molecule has 0 aromatic heterocycles. The fourth-order valence-corrected chi connectivity index (χ4v) is 6.12. The summed E-state index contributed by atoms with van der Waals surface area (Å²) >= 11 is 0. The van der Waals surface area contributed by atoms with Gasteiger partial charge in [0.25, 0.3) is 0 Å². The van der Waals surface area contributed by atoms with Gasteiger partial charge in [0.15, 0.2) is 11.9 Å². The summed E-state index contributed by atoms with van der Waals surface area (Å²) in [6, 6.07) is 0. The second-order valence-electron chi connectivity index (χ2n) is 10.2. The van der Waals surface area contributed by atoms with Crippen LogP contribution in [0.15, 0.2) is 0 Å². The maximum atomic E-state index is 13.7. The molecule has 1 heterocycles. The molecule has 1 aliphatic heterocycles. The van der Waals surface area contributed by atoms with Gasteiger partial charge in [0, 0.05) is 18.3 Å². The largest absolute Gasteiger partial charge is 0.457 e. The van der Waals surface area contributed by atoms with E-state index in [1.165, 1.54) is 6.92 Å². The third-order valence-corrected chi connectivity index (χ3v) is 8.22. The van der Waals surface area contributed by atoms with E-state index >= 15 is 0 Å². The lowest BCUT2D eigenvalue weighted by Crippen LogP contribution is -2.55. The Labute approximate surface area is 170 Å². The summed E-state index contributed by atoms with van der Waals surface area (Å²) < 4.78 is 11.8. The van der Waals surface area contributed by atoms with Crippen LogP contribution in [-0.4, -0.2) is 40.8 Å². The monoisotopic (exact) mass is 396 g/mol. The lowest BCUT2D eigenvalue weighted by atomic mass is 9.55. The minimum atomic E-state index is -1.25. The molecule has 0 spiro atoms. The summed E-state index contributed by atoms with van der Waals surface area (Å²) in [4.78, 5) is 25.4. The minimum Gasteiger partial charge on any atom is -0.457 e. The number of ether oxygens (including phenoxy) is 2. The number of hydrogen-bond donors (Lipinski definition) is 1. The number of esters is 1. The number of hydrogen-bond acceptors (Lipinski definition) is 5. The number of aliphatic hydroxyl groups is 1. The average Bonchev–Trinajstić information content (AvgIpc) is 2.78. The first-order valence-electron chi connectivity index (χ1n) is 10.8. The summed E-state index contributed by atoms with van der Waals surface area (Å²) in [5.74, 6) is 0.323. The van der Waals surface area contributed by atoms with Crippen LogP contribution in [0.4, 0.5) is 0 Å². The van der Waals surface area contributed by atoms with Crippen LogP contribution in [0.2, 0.25) is 0 Å². The van der Waals surface area contributed by atoms with Gasteiger partial charge in [-0.1, -0.05) is 48.0 Å². The number of fused-ring (bicyclic) bond motifs is 1. The summed E-state index contributed by atoms with van der Waals surface area (Å²) in [5.41, 5.74) is -1.86. The Balaban J connectivity index is 2.46. The van der Waals surface area contributed by atoms with Crippen LogP contribution in [0.25, 0.3) is 0 Å². The number of carbonyl (C=O) groups excluding carboxylic acids is 2. The molecule has 0 radical (unpaired) electrons. The molecule has 0 amide bonds. The van der Waals surface area contributed by atoms with Crippen molar-refractivity contribution in [3.63, 3.8) is 0 Å². The molecule has 2 aliphatic rings. The average molecular weight is 397 g/mol. The zero-order valence-electron chi connectivity index (χ0n) is 19.2. The Morgan fingerprint density at radius 3 is 2.36 bits per heavy atom. The molecule has 0 aromatic carbocycles. The van der Waals surface area contributed by atoms with Crippen LogP contribution in [0, 0.1) is 28.6 Å². The summed E-state index contributed by atoms with van der Waals surface area (Å²) in [6.07, 6.45) is 0.696. The maximum Gasteiger partial charge on any atom is 0.303 e. The molecule has 1 N–H and O–H groups in total. The first-order chi connectivity index (χ1) is 12.8. The van der Waals surface area contributed by atoms with Crippen molar-refractivity contribution in [1.82, 2.24) is 0 Å². The van der Waals surface area contributed by atoms with Gasteiger partial charge in [-0.2, -0.15) is 0 Å². The van der Waals surface area contributed by atoms with E-state index in [4.69, 9.17) is 9.47 Å². The number of carbonyl (C=O) groups is 2. The third kappa shape index (κ3) is 3.43. The molecule has 1 saturated heterocycles. The van der Waals surface area contributed by atoms with E-state index in [-0.39, 0.29) is 29.0 Å². The molecule has 2 fully saturated rings. The molecule has 5 heteroatoms. The standard InChI is InChI=1S/C23H40O5/c1-10-14(4)23(9)19(25)18-17(22(23,8)11-2)13(3)12-16(28-18)20(21(6,7)26)27-15(5)24/h13-14,16-18,20,26H,10-12H2,1-9H3. The van der Waals surface area contributed by atoms with E-state index in [1.807, 2.05) is 0 Å². The quantitative estimate of drug-likeness (QED) is 0.683. The SMILES string of the molecule is CCC(C)C1(C)C(=O)C2OC(C(OC(C)=O)C(C)(C)O)CC(C)C2C1(C)CC. The van der Waals surface area contributed by atoms with Gasteiger partial charge in [-0.05, 0) is 43.9 Å². The van der Waals surface area contributed by atoms with Gasteiger partial charge in [-0.3, -0.25) is 9.59 Å². The van der Waals surface area contributed by atoms with Crippen molar-refractivity contribution in [2.24, 2.45) is 28.6 Å². The normalized spacial score (nSPS) is 40.7. The predicted octanol–water partition coefficient (Wildman–Crippen LogP) is 4.15. The molecule has 1 aliphatic carbocycles. The Morgan fingerprint density at radius 2 is 1.93 bits per heavy atom. The number of ketones is 1. The first-order valence-corrected chi connectivity index (χ1v) is 10.8. The minimum absolute atomic E-state index is 0.125. The zero-order chi connectivity index (χ0) is 21.7. The Morgan fingerprint density at radius 1 is 1.36 bits per heavy atom. The number of rotatable bonds is 6. The van der Waals surface area contributed by atoms with Gasteiger partial charge in [-0.15, -0.1) is 0 Å². The fraction of sp³-hybridized carbons (Fsp3) is 0.913. The summed E-state index contributed by atoms with van der Waals surface area (Å²) in [5, 5.41) is 10.6. The predicted molar refractivity (Wildman–Crippen MR) is 109 cm³/mol. The highest BCUT2D eigenvalue weighted by molar-refractivity contribution is 5.93. The van der Waals surface area contributed by atoms with Crippen molar-refractivity contribution in [3.05, 3.63) is 0 Å².